The number of piperidine rings is 1. The van der Waals surface area contributed by atoms with Gasteiger partial charge in [-0.3, -0.25) is 15.0 Å². The molecule has 0 spiro atoms. The minimum atomic E-state index is -4.15. The molecule has 0 saturated carbocycles. The molecule has 12 nitrogen and oxygen atoms in total. The summed E-state index contributed by atoms with van der Waals surface area (Å²) in [7, 11) is -2.96. The molecule has 2 aliphatic heterocycles. The summed E-state index contributed by atoms with van der Waals surface area (Å²) >= 11 is 6.04. The number of nitrogens with zero attached hydrogens (tertiary/aromatic N) is 3. The number of nitrogens with one attached hydrogen (secondary N) is 2. The van der Waals surface area contributed by atoms with Crippen molar-refractivity contribution in [2.24, 2.45) is 5.92 Å². The Hall–Kier alpha value is -3.94. The number of likely N-dealkylation sites (tertiary alicyclic amines) is 1. The van der Waals surface area contributed by atoms with Crippen molar-refractivity contribution in [2.45, 2.75) is 37.4 Å². The molecule has 1 amide bonds. The number of aromatic amines is 1. The average Bonchev–Trinajstić information content (AvgIpc) is 3.46. The molecule has 0 radical (unpaired) electrons. The minimum absolute atomic E-state index is 0.0515. The SMILES string of the molecule is CCOC(=O)C1CCN(C(=N)c2ccc(CN3C(=O)CN(S(=O)(=O)c4cc5cc(Cl)ccc5[nH]4)C[C@@H]3C(=O)OC)cc2)CC1. The molecule has 3 heterocycles. The number of benzene rings is 2. The quantitative estimate of drug-likeness (QED) is 0.216. The molecule has 1 atom stereocenters. The zero-order chi connectivity index (χ0) is 31.6. The number of piperazine rings is 1. The number of sulfonamides is 1. The number of amides is 1. The second-order valence-electron chi connectivity index (χ2n) is 10.8. The molecule has 0 unspecified atom stereocenters. The number of halogens is 1. The topological polar surface area (TPSA) is 153 Å². The van der Waals surface area contributed by atoms with Gasteiger partial charge in [-0.25, -0.2) is 13.2 Å². The lowest BCUT2D eigenvalue weighted by Gasteiger charge is -2.38. The smallest absolute Gasteiger partial charge is 0.329 e. The van der Waals surface area contributed by atoms with E-state index >= 15 is 0 Å². The van der Waals surface area contributed by atoms with Crippen LogP contribution in [0.3, 0.4) is 0 Å². The number of hydrogen-bond acceptors (Lipinski definition) is 8. The molecule has 3 aromatic rings. The zero-order valence-electron chi connectivity index (χ0n) is 24.4. The van der Waals surface area contributed by atoms with E-state index < -0.39 is 34.5 Å². The van der Waals surface area contributed by atoms with Crippen molar-refractivity contribution in [3.63, 3.8) is 0 Å². The molecular weight excluding hydrogens is 610 g/mol. The number of rotatable bonds is 8. The maximum Gasteiger partial charge on any atom is 0.329 e. The summed E-state index contributed by atoms with van der Waals surface area (Å²) in [5.74, 6) is -1.29. The normalized spacial score (nSPS) is 18.4. The molecule has 14 heteroatoms. The lowest BCUT2D eigenvalue weighted by atomic mass is 9.96. The summed E-state index contributed by atoms with van der Waals surface area (Å²) in [6.07, 6.45) is 1.24. The van der Waals surface area contributed by atoms with Gasteiger partial charge in [-0.05, 0) is 49.6 Å². The van der Waals surface area contributed by atoms with E-state index in [0.29, 0.717) is 65.4 Å². The second kappa shape index (κ2) is 13.0. The van der Waals surface area contributed by atoms with Crippen LogP contribution >= 0.6 is 11.6 Å². The third kappa shape index (κ3) is 6.44. The number of hydrogen-bond donors (Lipinski definition) is 2. The molecule has 2 fully saturated rings. The van der Waals surface area contributed by atoms with Gasteiger partial charge in [0, 0.05) is 47.7 Å². The van der Waals surface area contributed by atoms with E-state index in [2.05, 4.69) is 4.98 Å². The van der Waals surface area contributed by atoms with E-state index in [1.165, 1.54) is 18.1 Å². The first-order chi connectivity index (χ1) is 21.0. The fourth-order valence-corrected chi connectivity index (χ4v) is 7.18. The lowest BCUT2D eigenvalue weighted by molar-refractivity contribution is -0.157. The first kappa shape index (κ1) is 31.5. The number of ether oxygens (including phenoxy) is 2. The van der Waals surface area contributed by atoms with Crippen LogP contribution in [0.4, 0.5) is 0 Å². The van der Waals surface area contributed by atoms with Gasteiger partial charge in [0.2, 0.25) is 5.91 Å². The average molecular weight is 644 g/mol. The third-order valence-corrected chi connectivity index (χ3v) is 10.0. The number of fused-ring (bicyclic) bond motifs is 1. The van der Waals surface area contributed by atoms with Crippen LogP contribution in [0.15, 0.2) is 53.6 Å². The zero-order valence-corrected chi connectivity index (χ0v) is 26.0. The predicted molar refractivity (Wildman–Crippen MR) is 163 cm³/mol. The number of aromatic nitrogens is 1. The maximum absolute atomic E-state index is 13.5. The van der Waals surface area contributed by atoms with Crippen LogP contribution in [-0.2, 0) is 40.4 Å². The molecule has 0 bridgehead atoms. The molecule has 2 aromatic carbocycles. The van der Waals surface area contributed by atoms with Gasteiger partial charge >= 0.3 is 11.9 Å². The lowest BCUT2D eigenvalue weighted by Crippen LogP contribution is -2.60. The third-order valence-electron chi connectivity index (χ3n) is 8.05. The molecule has 2 saturated heterocycles. The number of amidine groups is 1. The fourth-order valence-electron chi connectivity index (χ4n) is 5.59. The van der Waals surface area contributed by atoms with Crippen molar-refractivity contribution in [2.75, 3.05) is 39.9 Å². The summed E-state index contributed by atoms with van der Waals surface area (Å²) in [6.45, 7) is 2.60. The van der Waals surface area contributed by atoms with Gasteiger partial charge in [-0.15, -0.1) is 0 Å². The van der Waals surface area contributed by atoms with Crippen LogP contribution < -0.4 is 0 Å². The molecule has 44 heavy (non-hydrogen) atoms. The summed E-state index contributed by atoms with van der Waals surface area (Å²) in [6, 6.07) is 12.3. The van der Waals surface area contributed by atoms with Crippen LogP contribution in [0.1, 0.15) is 30.9 Å². The van der Waals surface area contributed by atoms with Crippen LogP contribution in [0.2, 0.25) is 5.02 Å². The number of methoxy groups -OCH3 is 1. The van der Waals surface area contributed by atoms with Gasteiger partial charge in [0.25, 0.3) is 10.0 Å². The van der Waals surface area contributed by atoms with Crippen LogP contribution in [0, 0.1) is 11.3 Å². The van der Waals surface area contributed by atoms with Crippen LogP contribution in [-0.4, -0.2) is 97.1 Å². The van der Waals surface area contributed by atoms with Crippen molar-refractivity contribution in [1.82, 2.24) is 19.1 Å². The van der Waals surface area contributed by atoms with Gasteiger partial charge in [0.15, 0.2) is 0 Å². The van der Waals surface area contributed by atoms with Crippen molar-refractivity contribution in [3.05, 3.63) is 64.7 Å². The summed E-state index contributed by atoms with van der Waals surface area (Å²) in [5.41, 5.74) is 1.95. The fraction of sp³-hybridized carbons (Fsp3) is 0.400. The Bertz CT molecular complexity index is 1680. The monoisotopic (exact) mass is 643 g/mol. The standard InChI is InChI=1S/C30H34ClN5O7S/c1-3-43-29(38)21-10-12-34(13-11-21)28(32)20-6-4-19(5-7-20)16-36-25(30(39)42-2)17-35(18-27(36)37)44(40,41)26-15-22-14-23(31)8-9-24(22)33-26/h4-9,14-15,21,25,32-33H,3,10-13,16-18H2,1-2H3/t25-/m1/s1. The highest BCUT2D eigenvalue weighted by atomic mass is 35.5. The van der Waals surface area contributed by atoms with E-state index in [0.717, 1.165) is 4.31 Å². The van der Waals surface area contributed by atoms with Crippen LogP contribution in [0.5, 0.6) is 0 Å². The Morgan fingerprint density at radius 1 is 1.07 bits per heavy atom. The highest BCUT2D eigenvalue weighted by molar-refractivity contribution is 7.89. The molecular formula is C30H34ClN5O7S. The van der Waals surface area contributed by atoms with Gasteiger partial charge in [0.1, 0.15) is 16.9 Å². The van der Waals surface area contributed by atoms with E-state index in [1.54, 1.807) is 49.4 Å². The first-order valence-corrected chi connectivity index (χ1v) is 16.1. The molecule has 2 aliphatic rings. The summed E-state index contributed by atoms with van der Waals surface area (Å²) in [4.78, 5) is 44.3. The van der Waals surface area contributed by atoms with Crippen molar-refractivity contribution in [3.8, 4) is 0 Å². The minimum Gasteiger partial charge on any atom is -0.467 e. The van der Waals surface area contributed by atoms with Gasteiger partial charge < -0.3 is 24.3 Å². The van der Waals surface area contributed by atoms with Gasteiger partial charge in [-0.2, -0.15) is 4.31 Å². The highest BCUT2D eigenvalue weighted by Crippen LogP contribution is 2.27. The summed E-state index contributed by atoms with van der Waals surface area (Å²) < 4.78 is 38.1. The number of carbonyl (C=O) groups is 3. The van der Waals surface area contributed by atoms with Gasteiger partial charge in [-0.1, -0.05) is 35.9 Å². The molecule has 234 valence electrons. The van der Waals surface area contributed by atoms with E-state index in [9.17, 15) is 22.8 Å². The Morgan fingerprint density at radius 2 is 1.77 bits per heavy atom. The number of carbonyl (C=O) groups excluding carboxylic acids is 3. The van der Waals surface area contributed by atoms with Gasteiger partial charge in [0.05, 0.1) is 26.2 Å². The second-order valence-corrected chi connectivity index (χ2v) is 13.1. The number of H-pyrrole nitrogens is 1. The maximum atomic E-state index is 13.5. The molecule has 2 N–H and O–H groups in total. The van der Waals surface area contributed by atoms with Crippen molar-refractivity contribution >= 4 is 56.2 Å². The molecule has 5 rings (SSSR count). The van der Waals surface area contributed by atoms with E-state index in [1.807, 2.05) is 4.90 Å². The van der Waals surface area contributed by atoms with E-state index in [4.69, 9.17) is 26.5 Å². The van der Waals surface area contributed by atoms with E-state index in [-0.39, 0.29) is 30.0 Å². The first-order valence-electron chi connectivity index (χ1n) is 14.3. The van der Waals surface area contributed by atoms with Crippen molar-refractivity contribution in [1.29, 1.82) is 5.41 Å². The van der Waals surface area contributed by atoms with Crippen LogP contribution in [0.25, 0.3) is 10.9 Å². The number of esters is 2. The summed E-state index contributed by atoms with van der Waals surface area (Å²) in [5, 5.41) is 9.60. The largest absolute Gasteiger partial charge is 0.467 e. The van der Waals surface area contributed by atoms with Crippen molar-refractivity contribution < 1.29 is 32.3 Å². The highest BCUT2D eigenvalue weighted by Gasteiger charge is 2.43. The Morgan fingerprint density at radius 3 is 2.43 bits per heavy atom. The predicted octanol–water partition coefficient (Wildman–Crippen LogP) is 3.00. The Balaban J connectivity index is 1.27. The Kier molecular flexibility index (Phi) is 9.28. The molecule has 1 aromatic heterocycles. The Labute approximate surface area is 260 Å². The molecule has 0 aliphatic carbocycles.